The number of hydrogen-bond donors (Lipinski definition) is 3. The molecule has 0 aliphatic carbocycles. The van der Waals surface area contributed by atoms with E-state index < -0.39 is 30.1 Å². The Morgan fingerprint density at radius 1 is 1.11 bits per heavy atom. The quantitative estimate of drug-likeness (QED) is 0.308. The standard InChI is InChI=1S/C5H10O2Se.C4H9NO2Se.C2HF3O2.CH2Cl2.CH4.B/c1-4(3-8-2)5(6)7;1-8-2-3(5)4(6)7;3-2(4,5)1(6)7;2-1-3;;/h4H,3H2,1-2H3,(H,6,7);3H,2,5H2,1H3,(H,6,7);(H,6,7);1H2;1H4;/t4-;3-;;;;/m00..../s1. The zero-order valence-electron chi connectivity index (χ0n) is 14.8. The minimum atomic E-state index is -5.08. The van der Waals surface area contributed by atoms with Crippen molar-refractivity contribution in [3.63, 3.8) is 0 Å². The molecule has 0 fully saturated rings. The van der Waals surface area contributed by atoms with Gasteiger partial charge in [-0.3, -0.25) is 0 Å². The van der Waals surface area contributed by atoms with Crippen LogP contribution in [0.3, 0.4) is 0 Å². The predicted octanol–water partition coefficient (Wildman–Crippen LogP) is 0.705. The molecule has 2 atom stereocenters. The maximum atomic E-state index is 10.6. The van der Waals surface area contributed by atoms with Crippen molar-refractivity contribution >= 4 is 79.4 Å². The molecule has 28 heavy (non-hydrogen) atoms. The first-order chi connectivity index (χ1) is 11.7. The maximum absolute atomic E-state index is 10.6. The Kier molecular flexibility index (Phi) is 40.3. The van der Waals surface area contributed by atoms with Crippen molar-refractivity contribution in [3.8, 4) is 0 Å². The van der Waals surface area contributed by atoms with Crippen LogP contribution in [0.15, 0.2) is 0 Å². The first kappa shape index (κ1) is 42.0. The normalized spacial score (nSPS) is 11.0. The molecule has 15 heteroatoms. The van der Waals surface area contributed by atoms with Crippen LogP contribution in [0.1, 0.15) is 14.4 Å². The summed E-state index contributed by atoms with van der Waals surface area (Å²) in [6.45, 7) is 1.74. The van der Waals surface area contributed by atoms with E-state index >= 15 is 0 Å². The van der Waals surface area contributed by atoms with E-state index in [1.807, 2.05) is 11.6 Å². The molecule has 7 nitrogen and oxygen atoms in total. The van der Waals surface area contributed by atoms with Crippen molar-refractivity contribution in [1.82, 2.24) is 0 Å². The second-order valence-electron chi connectivity index (χ2n) is 4.07. The number of hydrogen-bond acceptors (Lipinski definition) is 4. The molecule has 0 aromatic rings. The van der Waals surface area contributed by atoms with E-state index in [4.69, 9.17) is 38.2 Å². The number of quaternary nitrogens is 1. The zero-order chi connectivity index (χ0) is 21.9. The Hall–Kier alpha value is -0.156. The van der Waals surface area contributed by atoms with Crippen molar-refractivity contribution in [2.45, 2.75) is 48.9 Å². The molecule has 0 saturated carbocycles. The van der Waals surface area contributed by atoms with Crippen LogP contribution in [0.5, 0.6) is 0 Å². The van der Waals surface area contributed by atoms with Crippen LogP contribution in [0.2, 0.25) is 22.3 Å². The fraction of sp³-hybridized carbons (Fsp3) is 0.769. The van der Waals surface area contributed by atoms with Crippen LogP contribution in [0.4, 0.5) is 13.2 Å². The summed E-state index contributed by atoms with van der Waals surface area (Å²) in [5, 5.41) is 27.1. The third-order valence-electron chi connectivity index (χ3n) is 1.78. The third kappa shape index (κ3) is 40.5. The number of carbonyl (C=O) groups excluding carboxylic acids is 1. The van der Waals surface area contributed by atoms with Gasteiger partial charge in [0.25, 0.3) is 0 Å². The molecule has 0 aromatic carbocycles. The van der Waals surface area contributed by atoms with E-state index in [-0.39, 0.29) is 27.1 Å². The first-order valence-electron chi connectivity index (χ1n) is 6.39. The molecule has 0 spiro atoms. The molecule has 5 N–H and O–H groups in total. The molecule has 0 unspecified atom stereocenters. The smallest absolute Gasteiger partial charge is 0.475 e. The molecular formula is C13H26BCl2F3NO6Se2. The molecular weight excluding hydrogens is 563 g/mol. The summed E-state index contributed by atoms with van der Waals surface area (Å²) >= 11 is 10.4. The number of carboxylic acids is 3. The van der Waals surface area contributed by atoms with Crippen LogP contribution < -0.4 is 10.8 Å². The van der Waals surface area contributed by atoms with E-state index in [0.29, 0.717) is 35.2 Å². The second-order valence-corrected chi connectivity index (χ2v) is 8.70. The summed E-state index contributed by atoms with van der Waals surface area (Å²) in [4.78, 5) is 28.9. The van der Waals surface area contributed by atoms with Gasteiger partial charge < -0.3 is 5.11 Å². The summed E-state index contributed by atoms with van der Waals surface area (Å²) in [6.07, 6.45) is -5.08. The number of carboxylic acid groups (broad SMARTS) is 3. The SMILES string of the molecule is C.C[Se]C[C@H](C)C(=O)O.C[Se]C[C@H]([NH3+])C(=O)[O-].ClCCl.O=C(O)C(F)(F)F.[B]. The van der Waals surface area contributed by atoms with Gasteiger partial charge in [0.05, 0.1) is 5.34 Å². The average molecular weight is 589 g/mol. The molecule has 0 aliphatic heterocycles. The maximum Gasteiger partial charge on any atom is 0.490 e. The molecule has 0 saturated heterocycles. The Labute approximate surface area is 187 Å². The zero-order valence-corrected chi connectivity index (χ0v) is 19.7. The van der Waals surface area contributed by atoms with E-state index in [1.54, 1.807) is 6.92 Å². The van der Waals surface area contributed by atoms with Crippen molar-refractivity contribution in [1.29, 1.82) is 0 Å². The molecule has 0 rings (SSSR count). The van der Waals surface area contributed by atoms with Gasteiger partial charge in [0.2, 0.25) is 0 Å². The first-order valence-corrected chi connectivity index (χ1v) is 13.3. The Morgan fingerprint density at radius 2 is 1.39 bits per heavy atom. The summed E-state index contributed by atoms with van der Waals surface area (Å²) in [6, 6.07) is -0.500. The van der Waals surface area contributed by atoms with Crippen LogP contribution >= 0.6 is 23.2 Å². The number of halogens is 5. The number of rotatable bonds is 6. The van der Waals surface area contributed by atoms with Crippen LogP contribution in [-0.2, 0) is 14.4 Å². The summed E-state index contributed by atoms with van der Waals surface area (Å²) < 4.78 is 31.7. The number of carbonyl (C=O) groups is 3. The second kappa shape index (κ2) is 26.8. The Morgan fingerprint density at radius 3 is 1.46 bits per heavy atom. The third-order valence-corrected chi connectivity index (χ3v) is 5.07. The van der Waals surface area contributed by atoms with Gasteiger partial charge >= 0.3 is 121 Å². The minimum absolute atomic E-state index is 0. The van der Waals surface area contributed by atoms with E-state index in [9.17, 15) is 27.9 Å². The summed E-state index contributed by atoms with van der Waals surface area (Å²) in [5.41, 5.74) is 3.38. The fourth-order valence-corrected chi connectivity index (χ4v) is 3.07. The monoisotopic (exact) mass is 590 g/mol. The topological polar surface area (TPSA) is 142 Å². The van der Waals surface area contributed by atoms with Gasteiger partial charge in [-0.2, -0.15) is 13.2 Å². The van der Waals surface area contributed by atoms with Crippen LogP contribution in [0, 0.1) is 5.92 Å². The molecule has 169 valence electrons. The van der Waals surface area contributed by atoms with Gasteiger partial charge in [0.15, 0.2) is 0 Å². The van der Waals surface area contributed by atoms with Crippen molar-refractivity contribution in [3.05, 3.63) is 0 Å². The summed E-state index contributed by atoms with van der Waals surface area (Å²) in [5.74, 6) is -0.574. The Bertz CT molecular complexity index is 378. The van der Waals surface area contributed by atoms with E-state index in [0.717, 1.165) is 5.32 Å². The molecule has 0 aliphatic rings. The van der Waals surface area contributed by atoms with Gasteiger partial charge in [-0.25, -0.2) is 4.79 Å². The van der Waals surface area contributed by atoms with Gasteiger partial charge in [-0.05, 0) is 0 Å². The number of alkyl halides is 5. The summed E-state index contributed by atoms with van der Waals surface area (Å²) in [7, 11) is 0. The van der Waals surface area contributed by atoms with Crippen LogP contribution in [0.25, 0.3) is 0 Å². The van der Waals surface area contributed by atoms with Crippen molar-refractivity contribution in [2.75, 3.05) is 5.34 Å². The number of aliphatic carboxylic acids is 3. The van der Waals surface area contributed by atoms with Gasteiger partial charge in [0.1, 0.15) is 0 Å². The molecule has 0 aromatic heterocycles. The van der Waals surface area contributed by atoms with Crippen LogP contribution in [-0.4, -0.2) is 84.0 Å². The van der Waals surface area contributed by atoms with Gasteiger partial charge in [-0.1, -0.05) is 7.43 Å². The molecule has 0 heterocycles. The van der Waals surface area contributed by atoms with Crippen molar-refractivity contribution < 1.29 is 48.6 Å². The molecule has 0 bridgehead atoms. The van der Waals surface area contributed by atoms with Gasteiger partial charge in [-0.15, -0.1) is 23.2 Å². The largest absolute Gasteiger partial charge is 0.490 e. The van der Waals surface area contributed by atoms with Gasteiger partial charge in [0, 0.05) is 8.41 Å². The van der Waals surface area contributed by atoms with E-state index in [1.165, 1.54) is 0 Å². The average Bonchev–Trinajstić information content (AvgIpc) is 2.48. The predicted molar refractivity (Wildman–Crippen MR) is 104 cm³/mol. The molecule has 3 radical (unpaired) electrons. The van der Waals surface area contributed by atoms with Crippen molar-refractivity contribution in [2.24, 2.45) is 5.92 Å². The van der Waals surface area contributed by atoms with E-state index in [2.05, 4.69) is 5.73 Å². The minimum Gasteiger partial charge on any atom is -0.475 e. The Balaban J connectivity index is -0.0000000586. The fourth-order valence-electron chi connectivity index (χ4n) is 0.591. The molecule has 0 amide bonds.